The van der Waals surface area contributed by atoms with Gasteiger partial charge in [0.1, 0.15) is 5.82 Å². The number of anilines is 1. The molecule has 5 nitrogen and oxygen atoms in total. The van der Waals surface area contributed by atoms with Gasteiger partial charge in [0.15, 0.2) is 17.3 Å². The van der Waals surface area contributed by atoms with Crippen LogP contribution in [-0.2, 0) is 0 Å². The summed E-state index contributed by atoms with van der Waals surface area (Å²) in [6.07, 6.45) is 0. The van der Waals surface area contributed by atoms with Gasteiger partial charge in [0.05, 0.1) is 5.02 Å². The molecule has 2 N–H and O–H groups in total. The Morgan fingerprint density at radius 1 is 1.24 bits per heavy atom. The Kier molecular flexibility index (Phi) is 3.37. The lowest BCUT2D eigenvalue weighted by Crippen LogP contribution is -2.06. The van der Waals surface area contributed by atoms with Crippen LogP contribution < -0.4 is 15.2 Å². The van der Waals surface area contributed by atoms with Gasteiger partial charge in [-0.15, -0.1) is 0 Å². The van der Waals surface area contributed by atoms with E-state index in [-0.39, 0.29) is 12.7 Å². The van der Waals surface area contributed by atoms with Crippen molar-refractivity contribution >= 4 is 17.4 Å². The summed E-state index contributed by atoms with van der Waals surface area (Å²) in [5, 5.41) is 0.479. The highest BCUT2D eigenvalue weighted by Crippen LogP contribution is 2.42. The van der Waals surface area contributed by atoms with Crippen molar-refractivity contribution in [2.45, 2.75) is 26.7 Å². The van der Waals surface area contributed by atoms with Crippen LogP contribution in [0.1, 0.15) is 31.0 Å². The van der Waals surface area contributed by atoms with Crippen molar-refractivity contribution in [3.63, 3.8) is 0 Å². The summed E-state index contributed by atoms with van der Waals surface area (Å²) >= 11 is 6.19. The predicted molar refractivity (Wildman–Crippen MR) is 81.8 cm³/mol. The van der Waals surface area contributed by atoms with Crippen LogP contribution >= 0.6 is 11.6 Å². The lowest BCUT2D eigenvalue weighted by atomic mass is 10.0. The van der Waals surface area contributed by atoms with Crippen LogP contribution in [0.4, 0.5) is 5.82 Å². The molecule has 0 aliphatic carbocycles. The minimum absolute atomic E-state index is 0.173. The fourth-order valence-corrected chi connectivity index (χ4v) is 2.81. The standard InChI is InChI=1S/C15H16ClN3O2/c1-7(2)12-8(3)18-15(19-14(12)17)9-4-10(16)13-11(5-9)20-6-21-13/h4-5,7H,6H2,1-3H3,(H2,17,18,19). The fraction of sp³-hybridized carbons (Fsp3) is 0.333. The van der Waals surface area contributed by atoms with Gasteiger partial charge in [-0.3, -0.25) is 0 Å². The number of fused-ring (bicyclic) bond motifs is 1. The molecular weight excluding hydrogens is 290 g/mol. The van der Waals surface area contributed by atoms with E-state index in [9.17, 15) is 0 Å². The number of nitrogen functional groups attached to an aromatic ring is 1. The Hall–Kier alpha value is -2.01. The van der Waals surface area contributed by atoms with Gasteiger partial charge in [-0.05, 0) is 25.0 Å². The zero-order valence-corrected chi connectivity index (χ0v) is 12.9. The molecule has 2 aromatic rings. The number of aromatic nitrogens is 2. The van der Waals surface area contributed by atoms with Crippen molar-refractivity contribution in [1.29, 1.82) is 0 Å². The van der Waals surface area contributed by atoms with Gasteiger partial charge < -0.3 is 15.2 Å². The van der Waals surface area contributed by atoms with Crippen LogP contribution in [0.5, 0.6) is 11.5 Å². The lowest BCUT2D eigenvalue weighted by molar-refractivity contribution is 0.174. The number of benzene rings is 1. The smallest absolute Gasteiger partial charge is 0.231 e. The van der Waals surface area contributed by atoms with E-state index in [2.05, 4.69) is 23.8 Å². The first-order valence-electron chi connectivity index (χ1n) is 6.71. The number of rotatable bonds is 2. The molecule has 0 fully saturated rings. The van der Waals surface area contributed by atoms with Gasteiger partial charge in [0, 0.05) is 16.8 Å². The average Bonchev–Trinajstić information content (AvgIpc) is 2.86. The topological polar surface area (TPSA) is 70.3 Å². The van der Waals surface area contributed by atoms with Crippen LogP contribution in [0.25, 0.3) is 11.4 Å². The average molecular weight is 306 g/mol. The molecule has 1 aliphatic rings. The van der Waals surface area contributed by atoms with E-state index in [1.165, 1.54) is 0 Å². The molecule has 21 heavy (non-hydrogen) atoms. The molecule has 0 unspecified atom stereocenters. The Morgan fingerprint density at radius 2 is 2.00 bits per heavy atom. The van der Waals surface area contributed by atoms with Gasteiger partial charge in [-0.25, -0.2) is 9.97 Å². The third-order valence-electron chi connectivity index (χ3n) is 3.43. The molecule has 0 saturated heterocycles. The highest BCUT2D eigenvalue weighted by molar-refractivity contribution is 6.32. The van der Waals surface area contributed by atoms with Gasteiger partial charge in [-0.1, -0.05) is 25.4 Å². The monoisotopic (exact) mass is 305 g/mol. The Bertz CT molecular complexity index is 693. The summed E-state index contributed by atoms with van der Waals surface area (Å²) in [6.45, 7) is 6.25. The van der Waals surface area contributed by atoms with Crippen LogP contribution in [0.3, 0.4) is 0 Å². The molecule has 0 bridgehead atoms. The maximum absolute atomic E-state index is 6.19. The first-order valence-corrected chi connectivity index (χ1v) is 7.08. The summed E-state index contributed by atoms with van der Waals surface area (Å²) in [5.41, 5.74) is 8.68. The van der Waals surface area contributed by atoms with Crippen molar-refractivity contribution in [2.75, 3.05) is 12.5 Å². The highest BCUT2D eigenvalue weighted by Gasteiger charge is 2.21. The van der Waals surface area contributed by atoms with E-state index in [1.807, 2.05) is 13.0 Å². The minimum atomic E-state index is 0.173. The Balaban J connectivity index is 2.12. The third kappa shape index (κ3) is 2.38. The Labute approximate surface area is 128 Å². The predicted octanol–water partition coefficient (Wildman–Crippen LogP) is 3.54. The maximum Gasteiger partial charge on any atom is 0.231 e. The largest absolute Gasteiger partial charge is 0.454 e. The molecular formula is C15H16ClN3O2. The van der Waals surface area contributed by atoms with Crippen LogP contribution in [0, 0.1) is 6.92 Å². The second-order valence-electron chi connectivity index (χ2n) is 5.28. The molecule has 6 heteroatoms. The lowest BCUT2D eigenvalue weighted by Gasteiger charge is -2.13. The van der Waals surface area contributed by atoms with Gasteiger partial charge in [-0.2, -0.15) is 0 Å². The van der Waals surface area contributed by atoms with Gasteiger partial charge in [0.2, 0.25) is 6.79 Å². The maximum atomic E-state index is 6.19. The summed E-state index contributed by atoms with van der Waals surface area (Å²) in [4.78, 5) is 8.95. The second-order valence-corrected chi connectivity index (χ2v) is 5.69. The van der Waals surface area contributed by atoms with Crippen molar-refractivity contribution in [1.82, 2.24) is 9.97 Å². The summed E-state index contributed by atoms with van der Waals surface area (Å²) in [7, 11) is 0. The number of ether oxygens (including phenoxy) is 2. The number of hydrogen-bond donors (Lipinski definition) is 1. The third-order valence-corrected chi connectivity index (χ3v) is 3.71. The molecule has 0 amide bonds. The van der Waals surface area contributed by atoms with Crippen molar-refractivity contribution < 1.29 is 9.47 Å². The zero-order valence-electron chi connectivity index (χ0n) is 12.1. The molecule has 1 aromatic carbocycles. The van der Waals surface area contributed by atoms with E-state index >= 15 is 0 Å². The molecule has 110 valence electrons. The SMILES string of the molecule is Cc1nc(-c2cc(Cl)c3c(c2)OCO3)nc(N)c1C(C)C. The summed E-state index contributed by atoms with van der Waals surface area (Å²) in [5.74, 6) is 2.48. The van der Waals surface area contributed by atoms with Crippen LogP contribution in [-0.4, -0.2) is 16.8 Å². The van der Waals surface area contributed by atoms with Crippen molar-refractivity contribution in [3.8, 4) is 22.9 Å². The number of aryl methyl sites for hydroxylation is 1. The number of hydrogen-bond acceptors (Lipinski definition) is 5. The number of nitrogens with zero attached hydrogens (tertiary/aromatic N) is 2. The number of nitrogens with two attached hydrogens (primary N) is 1. The van der Waals surface area contributed by atoms with Crippen LogP contribution in [0.2, 0.25) is 5.02 Å². The molecule has 0 spiro atoms. The van der Waals surface area contributed by atoms with E-state index in [0.717, 1.165) is 16.8 Å². The van der Waals surface area contributed by atoms with Gasteiger partial charge in [0.25, 0.3) is 0 Å². The highest BCUT2D eigenvalue weighted by atomic mass is 35.5. The van der Waals surface area contributed by atoms with E-state index in [0.29, 0.717) is 28.2 Å². The first-order chi connectivity index (χ1) is 9.97. The second kappa shape index (κ2) is 5.07. The molecule has 0 saturated carbocycles. The quantitative estimate of drug-likeness (QED) is 0.919. The normalized spacial score (nSPS) is 13.0. The Morgan fingerprint density at radius 3 is 2.67 bits per heavy atom. The first kappa shape index (κ1) is 13.9. The summed E-state index contributed by atoms with van der Waals surface area (Å²) < 4.78 is 10.7. The molecule has 0 atom stereocenters. The van der Waals surface area contributed by atoms with Crippen molar-refractivity contribution in [2.24, 2.45) is 0 Å². The number of halogens is 1. The minimum Gasteiger partial charge on any atom is -0.454 e. The van der Waals surface area contributed by atoms with E-state index in [1.54, 1.807) is 6.07 Å². The van der Waals surface area contributed by atoms with E-state index < -0.39 is 0 Å². The zero-order chi connectivity index (χ0) is 15.1. The molecule has 0 radical (unpaired) electrons. The van der Waals surface area contributed by atoms with E-state index in [4.69, 9.17) is 26.8 Å². The molecule has 1 aliphatic heterocycles. The van der Waals surface area contributed by atoms with Crippen LogP contribution in [0.15, 0.2) is 12.1 Å². The van der Waals surface area contributed by atoms with Gasteiger partial charge >= 0.3 is 0 Å². The summed E-state index contributed by atoms with van der Waals surface area (Å²) in [6, 6.07) is 3.58. The molecule has 2 heterocycles. The van der Waals surface area contributed by atoms with Crippen molar-refractivity contribution in [3.05, 3.63) is 28.4 Å². The fourth-order valence-electron chi connectivity index (χ4n) is 2.54. The molecule has 1 aromatic heterocycles. The molecule has 3 rings (SSSR count).